The normalized spacial score (nSPS) is 17.0. The monoisotopic (exact) mass is 367 g/mol. The molecule has 1 unspecified atom stereocenters. The molecule has 10 heteroatoms. The smallest absolute Gasteiger partial charge is 0.335 e. The number of hydrogen-bond donors (Lipinski definition) is 3. The quantitative estimate of drug-likeness (QED) is 0.598. The highest BCUT2D eigenvalue weighted by Gasteiger charge is 2.40. The number of hydrogen-bond acceptors (Lipinski definition) is 6. The Morgan fingerprint density at radius 3 is 2.08 bits per heavy atom. The molecule has 1 atom stereocenters. The highest BCUT2D eigenvalue weighted by molar-refractivity contribution is 8.00. The standard InChI is InChI=1S/C15H13NO8S/c17-11-6-10(25-2-1-12(18)19)13(20)16(11)9-4-7(14(21)22)3-8(5-9)15(23)24/h3-5,10H,1-2,6H2,(H,18,19)(H,21,22)(H,23,24). The summed E-state index contributed by atoms with van der Waals surface area (Å²) < 4.78 is 0. The molecule has 0 radical (unpaired) electrons. The first kappa shape index (κ1) is 18.5. The zero-order chi connectivity index (χ0) is 18.7. The Morgan fingerprint density at radius 1 is 1.04 bits per heavy atom. The average molecular weight is 367 g/mol. The van der Waals surface area contributed by atoms with E-state index in [9.17, 15) is 24.0 Å². The first-order chi connectivity index (χ1) is 11.7. The topological polar surface area (TPSA) is 149 Å². The fourth-order valence-corrected chi connectivity index (χ4v) is 3.37. The van der Waals surface area contributed by atoms with Gasteiger partial charge in [0.1, 0.15) is 0 Å². The van der Waals surface area contributed by atoms with E-state index in [0.29, 0.717) is 0 Å². The molecule has 1 aliphatic rings. The number of carboxylic acids is 3. The van der Waals surface area contributed by atoms with E-state index >= 15 is 0 Å². The lowest BCUT2D eigenvalue weighted by Crippen LogP contribution is -2.31. The predicted molar refractivity (Wildman–Crippen MR) is 86.0 cm³/mol. The first-order valence-corrected chi connectivity index (χ1v) is 8.07. The number of carbonyl (C=O) groups excluding carboxylic acids is 2. The van der Waals surface area contributed by atoms with Crippen molar-refractivity contribution < 1.29 is 39.3 Å². The van der Waals surface area contributed by atoms with E-state index < -0.39 is 35.0 Å². The van der Waals surface area contributed by atoms with Crippen molar-refractivity contribution >= 4 is 47.2 Å². The van der Waals surface area contributed by atoms with Gasteiger partial charge in [0.05, 0.1) is 28.5 Å². The minimum atomic E-state index is -1.39. The van der Waals surface area contributed by atoms with Crippen molar-refractivity contribution in [2.45, 2.75) is 18.1 Å². The van der Waals surface area contributed by atoms with Gasteiger partial charge in [0.15, 0.2) is 0 Å². The number of aliphatic carboxylic acids is 1. The van der Waals surface area contributed by atoms with Crippen LogP contribution in [0.2, 0.25) is 0 Å². The fourth-order valence-electron chi connectivity index (χ4n) is 2.28. The second-order valence-corrected chi connectivity index (χ2v) is 6.46. The molecule has 0 bridgehead atoms. The van der Waals surface area contributed by atoms with Crippen LogP contribution in [0.15, 0.2) is 18.2 Å². The van der Waals surface area contributed by atoms with Gasteiger partial charge in [-0.2, -0.15) is 0 Å². The number of benzene rings is 1. The van der Waals surface area contributed by atoms with Gasteiger partial charge < -0.3 is 15.3 Å². The molecule has 132 valence electrons. The van der Waals surface area contributed by atoms with Gasteiger partial charge in [0, 0.05) is 12.2 Å². The Balaban J connectivity index is 2.29. The fraction of sp³-hybridized carbons (Fsp3) is 0.267. The summed E-state index contributed by atoms with van der Waals surface area (Å²) in [4.78, 5) is 58.1. The van der Waals surface area contributed by atoms with Crippen LogP contribution < -0.4 is 4.90 Å². The van der Waals surface area contributed by atoms with Gasteiger partial charge in [0.2, 0.25) is 11.8 Å². The van der Waals surface area contributed by atoms with Gasteiger partial charge in [-0.05, 0) is 18.2 Å². The minimum Gasteiger partial charge on any atom is -0.481 e. The molecule has 0 aromatic heterocycles. The second kappa shape index (κ2) is 7.34. The summed E-state index contributed by atoms with van der Waals surface area (Å²) in [7, 11) is 0. The number of nitrogens with zero attached hydrogens (tertiary/aromatic N) is 1. The summed E-state index contributed by atoms with van der Waals surface area (Å²) in [5.41, 5.74) is -0.858. The van der Waals surface area contributed by atoms with E-state index in [1.54, 1.807) is 0 Å². The SMILES string of the molecule is O=C(O)CCSC1CC(=O)N(c2cc(C(=O)O)cc(C(=O)O)c2)C1=O. The van der Waals surface area contributed by atoms with Crippen molar-refractivity contribution in [3.8, 4) is 0 Å². The summed E-state index contributed by atoms with van der Waals surface area (Å²) in [6.45, 7) is 0. The van der Waals surface area contributed by atoms with Gasteiger partial charge in [-0.25, -0.2) is 14.5 Å². The number of thioether (sulfide) groups is 1. The van der Waals surface area contributed by atoms with E-state index in [0.717, 1.165) is 34.9 Å². The molecule has 1 fully saturated rings. The van der Waals surface area contributed by atoms with Gasteiger partial charge in [-0.1, -0.05) is 0 Å². The third-order valence-corrected chi connectivity index (χ3v) is 4.62. The molecular formula is C15H13NO8S. The van der Waals surface area contributed by atoms with E-state index in [1.807, 2.05) is 0 Å². The Hall–Kier alpha value is -2.88. The van der Waals surface area contributed by atoms with Crippen LogP contribution >= 0.6 is 11.8 Å². The van der Waals surface area contributed by atoms with Crippen molar-refractivity contribution in [3.63, 3.8) is 0 Å². The minimum absolute atomic E-state index is 0.131. The number of amides is 2. The summed E-state index contributed by atoms with van der Waals surface area (Å²) in [6, 6.07) is 3.03. The van der Waals surface area contributed by atoms with E-state index in [-0.39, 0.29) is 35.4 Å². The molecule has 3 N–H and O–H groups in total. The van der Waals surface area contributed by atoms with Crippen LogP contribution in [0.1, 0.15) is 33.6 Å². The van der Waals surface area contributed by atoms with Crippen molar-refractivity contribution in [2.75, 3.05) is 10.7 Å². The maximum Gasteiger partial charge on any atom is 0.335 e. The van der Waals surface area contributed by atoms with Crippen molar-refractivity contribution in [3.05, 3.63) is 29.3 Å². The zero-order valence-electron chi connectivity index (χ0n) is 12.7. The summed E-state index contributed by atoms with van der Waals surface area (Å²) in [6.07, 6.45) is -0.330. The molecule has 2 amide bonds. The summed E-state index contributed by atoms with van der Waals surface area (Å²) >= 11 is 1.02. The zero-order valence-corrected chi connectivity index (χ0v) is 13.5. The van der Waals surface area contributed by atoms with Gasteiger partial charge >= 0.3 is 17.9 Å². The van der Waals surface area contributed by atoms with Crippen LogP contribution in [0.3, 0.4) is 0 Å². The number of rotatable bonds is 7. The average Bonchev–Trinajstić information content (AvgIpc) is 2.80. The predicted octanol–water partition coefficient (Wildman–Crippen LogP) is 0.923. The molecular weight excluding hydrogens is 354 g/mol. The number of carbonyl (C=O) groups is 5. The number of aromatic carboxylic acids is 2. The largest absolute Gasteiger partial charge is 0.481 e. The van der Waals surface area contributed by atoms with Gasteiger partial charge in [-0.15, -0.1) is 11.8 Å². The van der Waals surface area contributed by atoms with Crippen LogP contribution in [0, 0.1) is 0 Å². The van der Waals surface area contributed by atoms with Crippen molar-refractivity contribution in [2.24, 2.45) is 0 Å². The maximum absolute atomic E-state index is 12.4. The van der Waals surface area contributed by atoms with Crippen molar-refractivity contribution in [1.29, 1.82) is 0 Å². The third-order valence-electron chi connectivity index (χ3n) is 3.41. The van der Waals surface area contributed by atoms with Crippen LogP contribution in [0.4, 0.5) is 5.69 Å². The molecule has 2 rings (SSSR count). The lowest BCUT2D eigenvalue weighted by molar-refractivity contribution is -0.136. The van der Waals surface area contributed by atoms with E-state index in [2.05, 4.69) is 0 Å². The number of anilines is 1. The van der Waals surface area contributed by atoms with Crippen molar-refractivity contribution in [1.82, 2.24) is 0 Å². The van der Waals surface area contributed by atoms with E-state index in [4.69, 9.17) is 15.3 Å². The Bertz CT molecular complexity index is 743. The van der Waals surface area contributed by atoms with Gasteiger partial charge in [0.25, 0.3) is 0 Å². The molecule has 1 heterocycles. The second-order valence-electron chi connectivity index (χ2n) is 5.15. The maximum atomic E-state index is 12.4. The number of carboxylic acid groups (broad SMARTS) is 3. The Kier molecular flexibility index (Phi) is 5.42. The molecule has 1 saturated heterocycles. The molecule has 1 aliphatic heterocycles. The van der Waals surface area contributed by atoms with Crippen LogP contribution in [0.5, 0.6) is 0 Å². The summed E-state index contributed by atoms with van der Waals surface area (Å²) in [5, 5.41) is 26.0. The highest BCUT2D eigenvalue weighted by atomic mass is 32.2. The highest BCUT2D eigenvalue weighted by Crippen LogP contribution is 2.31. The Morgan fingerprint density at radius 2 is 1.60 bits per heavy atom. The lowest BCUT2D eigenvalue weighted by Gasteiger charge is -2.16. The number of imide groups is 1. The molecule has 9 nitrogen and oxygen atoms in total. The molecule has 0 spiro atoms. The third kappa shape index (κ3) is 4.15. The van der Waals surface area contributed by atoms with E-state index in [1.165, 1.54) is 0 Å². The van der Waals surface area contributed by atoms with Gasteiger partial charge in [-0.3, -0.25) is 14.4 Å². The molecule has 1 aromatic rings. The van der Waals surface area contributed by atoms with Crippen LogP contribution in [-0.4, -0.2) is 56.0 Å². The Labute approximate surface area is 145 Å². The molecule has 0 saturated carbocycles. The van der Waals surface area contributed by atoms with Crippen LogP contribution in [-0.2, 0) is 14.4 Å². The molecule has 1 aromatic carbocycles. The first-order valence-electron chi connectivity index (χ1n) is 7.02. The lowest BCUT2D eigenvalue weighted by atomic mass is 10.1. The molecule has 25 heavy (non-hydrogen) atoms. The van der Waals surface area contributed by atoms with Crippen LogP contribution in [0.25, 0.3) is 0 Å². The summed E-state index contributed by atoms with van der Waals surface area (Å²) in [5.74, 6) is -4.90. The molecule has 0 aliphatic carbocycles.